The maximum Gasteiger partial charge on any atom is 0.0192 e. The summed E-state index contributed by atoms with van der Waals surface area (Å²) in [6, 6.07) is 1.60. The fraction of sp³-hybridized carbons (Fsp3) is 1.00. The van der Waals surface area contributed by atoms with Crippen molar-refractivity contribution in [3.63, 3.8) is 0 Å². The molecule has 1 saturated carbocycles. The van der Waals surface area contributed by atoms with E-state index >= 15 is 0 Å². The number of nitrogens with zero attached hydrogens (tertiary/aromatic N) is 1. The molecule has 2 N–H and O–H groups in total. The van der Waals surface area contributed by atoms with Gasteiger partial charge in [0.25, 0.3) is 0 Å². The second kappa shape index (κ2) is 8.93. The molecule has 1 unspecified atom stereocenters. The molecule has 0 spiro atoms. The quantitative estimate of drug-likeness (QED) is 0.694. The highest BCUT2D eigenvalue weighted by atomic mass is 15.1. The fourth-order valence-electron chi connectivity index (χ4n) is 3.53. The minimum absolute atomic E-state index is 0.727. The van der Waals surface area contributed by atoms with E-state index in [4.69, 9.17) is 0 Å². The second-order valence-corrected chi connectivity index (χ2v) is 6.48. The van der Waals surface area contributed by atoms with Gasteiger partial charge in [0.2, 0.25) is 0 Å². The molecule has 2 aliphatic rings. The van der Waals surface area contributed by atoms with E-state index in [9.17, 15) is 0 Å². The minimum atomic E-state index is 0.727. The normalized spacial score (nSPS) is 25.9. The maximum absolute atomic E-state index is 3.62. The molecule has 1 atom stereocenters. The zero-order valence-corrected chi connectivity index (χ0v) is 12.8. The molecule has 3 nitrogen and oxygen atoms in total. The predicted molar refractivity (Wildman–Crippen MR) is 82.6 cm³/mol. The van der Waals surface area contributed by atoms with Gasteiger partial charge >= 0.3 is 0 Å². The van der Waals surface area contributed by atoms with Crippen molar-refractivity contribution in [1.82, 2.24) is 15.5 Å². The Labute approximate surface area is 119 Å². The smallest absolute Gasteiger partial charge is 0.0192 e. The van der Waals surface area contributed by atoms with Gasteiger partial charge in [0.1, 0.15) is 0 Å². The summed E-state index contributed by atoms with van der Waals surface area (Å²) in [6.07, 6.45) is 12.6. The molecule has 1 heterocycles. The van der Waals surface area contributed by atoms with Crippen molar-refractivity contribution in [2.75, 3.05) is 33.2 Å². The van der Waals surface area contributed by atoms with Gasteiger partial charge in [-0.1, -0.05) is 25.7 Å². The summed E-state index contributed by atoms with van der Waals surface area (Å²) in [4.78, 5) is 2.60. The van der Waals surface area contributed by atoms with E-state index in [1.54, 1.807) is 0 Å². The molecular formula is C16H33N3. The van der Waals surface area contributed by atoms with Crippen LogP contribution in [0.25, 0.3) is 0 Å². The van der Waals surface area contributed by atoms with Gasteiger partial charge in [0, 0.05) is 18.6 Å². The average Bonchev–Trinajstić information content (AvgIpc) is 2.49. The lowest BCUT2D eigenvalue weighted by Gasteiger charge is -2.31. The molecule has 0 bridgehead atoms. The first-order valence-electron chi connectivity index (χ1n) is 8.50. The molecule has 2 fully saturated rings. The van der Waals surface area contributed by atoms with Crippen molar-refractivity contribution in [3.05, 3.63) is 0 Å². The van der Waals surface area contributed by atoms with Crippen LogP contribution in [0.5, 0.6) is 0 Å². The van der Waals surface area contributed by atoms with Crippen molar-refractivity contribution in [1.29, 1.82) is 0 Å². The van der Waals surface area contributed by atoms with Gasteiger partial charge in [-0.05, 0) is 58.8 Å². The molecule has 0 radical (unpaired) electrons. The third-order valence-electron chi connectivity index (χ3n) is 4.87. The van der Waals surface area contributed by atoms with Crippen LogP contribution in [0.2, 0.25) is 0 Å². The van der Waals surface area contributed by atoms with E-state index in [1.807, 2.05) is 0 Å². The lowest BCUT2D eigenvalue weighted by Crippen LogP contribution is -2.42. The molecular weight excluding hydrogens is 234 g/mol. The van der Waals surface area contributed by atoms with Crippen LogP contribution in [0.1, 0.15) is 57.8 Å². The van der Waals surface area contributed by atoms with Crippen LogP contribution in [0.4, 0.5) is 0 Å². The van der Waals surface area contributed by atoms with Crippen LogP contribution in [-0.2, 0) is 0 Å². The molecule has 1 aliphatic carbocycles. The Balaban J connectivity index is 1.46. The molecule has 3 heteroatoms. The first-order chi connectivity index (χ1) is 9.36. The first kappa shape index (κ1) is 15.3. The van der Waals surface area contributed by atoms with Crippen LogP contribution < -0.4 is 10.6 Å². The number of nitrogens with one attached hydrogen (secondary N) is 2. The molecule has 0 aromatic rings. The van der Waals surface area contributed by atoms with Crippen LogP contribution >= 0.6 is 0 Å². The van der Waals surface area contributed by atoms with E-state index in [1.165, 1.54) is 77.4 Å². The van der Waals surface area contributed by atoms with Crippen LogP contribution in [0.15, 0.2) is 0 Å². The Morgan fingerprint density at radius 3 is 2.58 bits per heavy atom. The van der Waals surface area contributed by atoms with Gasteiger partial charge in [0.15, 0.2) is 0 Å². The third-order valence-corrected chi connectivity index (χ3v) is 4.87. The highest BCUT2D eigenvalue weighted by molar-refractivity contribution is 4.75. The van der Waals surface area contributed by atoms with Gasteiger partial charge in [-0.15, -0.1) is 0 Å². The molecule has 112 valence electrons. The molecule has 1 aliphatic heterocycles. The van der Waals surface area contributed by atoms with Crippen LogP contribution in [-0.4, -0.2) is 50.2 Å². The number of hydrogen-bond donors (Lipinski definition) is 2. The van der Waals surface area contributed by atoms with E-state index in [0.717, 1.165) is 18.6 Å². The highest BCUT2D eigenvalue weighted by Gasteiger charge is 2.17. The van der Waals surface area contributed by atoms with Crippen LogP contribution in [0.3, 0.4) is 0 Å². The van der Waals surface area contributed by atoms with E-state index in [0.29, 0.717) is 0 Å². The Morgan fingerprint density at radius 1 is 1.05 bits per heavy atom. The largest absolute Gasteiger partial charge is 0.315 e. The lowest BCUT2D eigenvalue weighted by molar-refractivity contribution is 0.189. The summed E-state index contributed by atoms with van der Waals surface area (Å²) in [5.41, 5.74) is 0. The topological polar surface area (TPSA) is 27.3 Å². The Morgan fingerprint density at radius 2 is 1.84 bits per heavy atom. The van der Waals surface area contributed by atoms with E-state index < -0.39 is 0 Å². The molecule has 0 amide bonds. The number of rotatable bonds is 7. The van der Waals surface area contributed by atoms with Gasteiger partial charge in [-0.2, -0.15) is 0 Å². The Hall–Kier alpha value is -0.120. The summed E-state index contributed by atoms with van der Waals surface area (Å²) >= 11 is 0. The summed E-state index contributed by atoms with van der Waals surface area (Å²) in [7, 11) is 2.32. The molecule has 0 aromatic carbocycles. The first-order valence-corrected chi connectivity index (χ1v) is 8.50. The van der Waals surface area contributed by atoms with Gasteiger partial charge in [0.05, 0.1) is 0 Å². The fourth-order valence-corrected chi connectivity index (χ4v) is 3.53. The standard InChI is InChI=1S/C16H33N3/c1-19(16-9-3-2-4-10-16)13-7-11-17-14-15-8-5-6-12-18-15/h15-18H,2-14H2,1H3. The molecule has 19 heavy (non-hydrogen) atoms. The van der Waals surface area contributed by atoms with Crippen molar-refractivity contribution in [2.45, 2.75) is 69.9 Å². The minimum Gasteiger partial charge on any atom is -0.315 e. The van der Waals surface area contributed by atoms with Gasteiger partial charge < -0.3 is 15.5 Å². The van der Waals surface area contributed by atoms with Crippen molar-refractivity contribution in [3.8, 4) is 0 Å². The lowest BCUT2D eigenvalue weighted by atomic mass is 9.94. The molecule has 0 aromatic heterocycles. The summed E-state index contributed by atoms with van der Waals surface area (Å²) in [5.74, 6) is 0. The van der Waals surface area contributed by atoms with Gasteiger partial charge in [-0.25, -0.2) is 0 Å². The van der Waals surface area contributed by atoms with E-state index in [2.05, 4.69) is 22.6 Å². The summed E-state index contributed by atoms with van der Waals surface area (Å²) in [6.45, 7) is 4.81. The number of hydrogen-bond acceptors (Lipinski definition) is 3. The van der Waals surface area contributed by atoms with Crippen molar-refractivity contribution < 1.29 is 0 Å². The van der Waals surface area contributed by atoms with Crippen LogP contribution in [0, 0.1) is 0 Å². The summed E-state index contributed by atoms with van der Waals surface area (Å²) in [5, 5.41) is 7.22. The second-order valence-electron chi connectivity index (χ2n) is 6.48. The highest BCUT2D eigenvalue weighted by Crippen LogP contribution is 2.21. The zero-order chi connectivity index (χ0) is 13.3. The third kappa shape index (κ3) is 5.80. The summed E-state index contributed by atoms with van der Waals surface area (Å²) < 4.78 is 0. The van der Waals surface area contributed by atoms with Gasteiger partial charge in [-0.3, -0.25) is 0 Å². The monoisotopic (exact) mass is 267 g/mol. The SMILES string of the molecule is CN(CCCNCC1CCCCN1)C1CCCCC1. The Bertz CT molecular complexity index is 220. The van der Waals surface area contributed by atoms with E-state index in [-0.39, 0.29) is 0 Å². The number of piperidine rings is 1. The zero-order valence-electron chi connectivity index (χ0n) is 12.8. The predicted octanol–water partition coefficient (Wildman–Crippen LogP) is 2.37. The Kier molecular flexibility index (Phi) is 7.18. The average molecular weight is 267 g/mol. The maximum atomic E-state index is 3.62. The molecule has 2 rings (SSSR count). The van der Waals surface area contributed by atoms with Crippen molar-refractivity contribution >= 4 is 0 Å². The molecule has 1 saturated heterocycles. The van der Waals surface area contributed by atoms with Crippen molar-refractivity contribution in [2.24, 2.45) is 0 Å².